The Kier molecular flexibility index (Phi) is 6.64. The van der Waals surface area contributed by atoms with E-state index >= 15 is 0 Å². The normalized spacial score (nSPS) is 23.0. The van der Waals surface area contributed by atoms with E-state index in [0.29, 0.717) is 5.92 Å². The summed E-state index contributed by atoms with van der Waals surface area (Å²) >= 11 is 0. The molecule has 0 saturated heterocycles. The van der Waals surface area contributed by atoms with Crippen molar-refractivity contribution in [3.63, 3.8) is 0 Å². The number of ether oxygens (including phenoxy) is 2. The van der Waals surface area contributed by atoms with Crippen molar-refractivity contribution < 1.29 is 19.1 Å². The number of methoxy groups -OCH3 is 1. The second-order valence-corrected chi connectivity index (χ2v) is 6.64. The van der Waals surface area contributed by atoms with Crippen molar-refractivity contribution in [1.29, 1.82) is 0 Å². The Labute approximate surface area is 143 Å². The molecule has 1 fully saturated rings. The minimum absolute atomic E-state index is 0.0864. The fraction of sp³-hybridized carbons (Fsp3) is 0.579. The lowest BCUT2D eigenvalue weighted by atomic mass is 9.78. The lowest BCUT2D eigenvalue weighted by Crippen LogP contribution is -2.48. The van der Waals surface area contributed by atoms with Crippen LogP contribution in [0, 0.1) is 11.8 Å². The molecule has 1 aliphatic rings. The Morgan fingerprint density at radius 2 is 1.92 bits per heavy atom. The first-order valence-corrected chi connectivity index (χ1v) is 8.61. The average molecular weight is 333 g/mol. The minimum atomic E-state index is -0.661. The van der Waals surface area contributed by atoms with Crippen molar-refractivity contribution >= 4 is 12.1 Å². The summed E-state index contributed by atoms with van der Waals surface area (Å²) in [6, 6.07) is 8.92. The molecule has 2 rings (SSSR count). The third-order valence-electron chi connectivity index (χ3n) is 4.72. The van der Waals surface area contributed by atoms with Crippen molar-refractivity contribution in [2.24, 2.45) is 11.8 Å². The number of nitrogens with one attached hydrogen (secondary N) is 1. The van der Waals surface area contributed by atoms with E-state index in [1.165, 1.54) is 7.11 Å². The number of amides is 1. The maximum Gasteiger partial charge on any atom is 0.407 e. The van der Waals surface area contributed by atoms with E-state index in [-0.39, 0.29) is 12.0 Å². The molecule has 1 aliphatic carbocycles. The van der Waals surface area contributed by atoms with Gasteiger partial charge in [0, 0.05) is 0 Å². The Balaban J connectivity index is 2.07. The van der Waals surface area contributed by atoms with Crippen LogP contribution >= 0.6 is 0 Å². The summed E-state index contributed by atoms with van der Waals surface area (Å²) < 4.78 is 10.3. The van der Waals surface area contributed by atoms with Crippen LogP contribution in [0.2, 0.25) is 0 Å². The number of benzene rings is 1. The fourth-order valence-electron chi connectivity index (χ4n) is 3.38. The highest BCUT2D eigenvalue weighted by Gasteiger charge is 2.35. The standard InChI is InChI=1S/C19H27NO4/c1-13-8-7-11-16(12-13)17(20-19(22)23-3)18(21)24-14(2)15-9-5-4-6-10-15/h4-6,9-10,13-14,16-17H,7-8,11-12H2,1-3H3,(H,20,22)/t13-,14+,16-,17?/m1/s1. The number of carbonyl (C=O) groups is 2. The maximum atomic E-state index is 12.7. The molecule has 5 nitrogen and oxygen atoms in total. The minimum Gasteiger partial charge on any atom is -0.456 e. The fourth-order valence-corrected chi connectivity index (χ4v) is 3.38. The van der Waals surface area contributed by atoms with Gasteiger partial charge in [-0.15, -0.1) is 0 Å². The van der Waals surface area contributed by atoms with Gasteiger partial charge < -0.3 is 14.8 Å². The summed E-state index contributed by atoms with van der Waals surface area (Å²) in [6.45, 7) is 4.02. The Morgan fingerprint density at radius 1 is 1.21 bits per heavy atom. The average Bonchev–Trinajstić information content (AvgIpc) is 2.60. The maximum absolute atomic E-state index is 12.7. The number of hydrogen-bond acceptors (Lipinski definition) is 4. The highest BCUT2D eigenvalue weighted by molar-refractivity contribution is 5.81. The third kappa shape index (κ3) is 4.98. The number of esters is 1. The van der Waals surface area contributed by atoms with Gasteiger partial charge in [-0.1, -0.05) is 50.1 Å². The molecular weight excluding hydrogens is 306 g/mol. The molecule has 1 N–H and O–H groups in total. The lowest BCUT2D eigenvalue weighted by Gasteiger charge is -2.32. The van der Waals surface area contributed by atoms with Gasteiger partial charge in [-0.2, -0.15) is 0 Å². The van der Waals surface area contributed by atoms with Crippen LogP contribution in [0.4, 0.5) is 4.79 Å². The second kappa shape index (κ2) is 8.71. The number of rotatable bonds is 5. The van der Waals surface area contributed by atoms with Gasteiger partial charge in [0.2, 0.25) is 0 Å². The van der Waals surface area contributed by atoms with Crippen LogP contribution in [0.1, 0.15) is 51.2 Å². The van der Waals surface area contributed by atoms with Gasteiger partial charge in [-0.3, -0.25) is 0 Å². The molecule has 1 aromatic carbocycles. The molecule has 0 bridgehead atoms. The Bertz CT molecular complexity index is 546. The first kappa shape index (κ1) is 18.3. The third-order valence-corrected chi connectivity index (χ3v) is 4.72. The van der Waals surface area contributed by atoms with Crippen LogP contribution in [0.3, 0.4) is 0 Å². The van der Waals surface area contributed by atoms with Crippen molar-refractivity contribution in [1.82, 2.24) is 5.32 Å². The number of hydrogen-bond donors (Lipinski definition) is 1. The summed E-state index contributed by atoms with van der Waals surface area (Å²) in [5, 5.41) is 2.68. The van der Waals surface area contributed by atoms with Crippen molar-refractivity contribution in [3.05, 3.63) is 35.9 Å². The van der Waals surface area contributed by atoms with E-state index in [2.05, 4.69) is 17.0 Å². The molecule has 0 heterocycles. The molecule has 0 aromatic heterocycles. The highest BCUT2D eigenvalue weighted by Crippen LogP contribution is 2.32. The molecule has 1 aromatic rings. The van der Waals surface area contributed by atoms with E-state index in [0.717, 1.165) is 31.2 Å². The van der Waals surface area contributed by atoms with Crippen molar-refractivity contribution in [2.45, 2.75) is 51.7 Å². The second-order valence-electron chi connectivity index (χ2n) is 6.64. The van der Waals surface area contributed by atoms with Gasteiger partial charge in [0.1, 0.15) is 12.1 Å². The lowest BCUT2D eigenvalue weighted by molar-refractivity contribution is -0.153. The first-order chi connectivity index (χ1) is 11.5. The summed E-state index contributed by atoms with van der Waals surface area (Å²) in [5.41, 5.74) is 0.930. The smallest absolute Gasteiger partial charge is 0.407 e. The van der Waals surface area contributed by atoms with Crippen LogP contribution in [0.5, 0.6) is 0 Å². The SMILES string of the molecule is COC(=O)NC(C(=O)O[C@@H](C)c1ccccc1)[C@@H]1CCC[C@@H](C)C1. The number of alkyl carbamates (subject to hydrolysis) is 1. The van der Waals surface area contributed by atoms with E-state index in [4.69, 9.17) is 4.74 Å². The van der Waals surface area contributed by atoms with E-state index in [1.54, 1.807) is 0 Å². The molecule has 132 valence electrons. The van der Waals surface area contributed by atoms with Crippen molar-refractivity contribution in [3.8, 4) is 0 Å². The zero-order chi connectivity index (χ0) is 17.5. The van der Waals surface area contributed by atoms with Gasteiger partial charge >= 0.3 is 12.1 Å². The Morgan fingerprint density at radius 3 is 2.54 bits per heavy atom. The molecule has 0 spiro atoms. The van der Waals surface area contributed by atoms with E-state index in [9.17, 15) is 9.59 Å². The van der Waals surface area contributed by atoms with Crippen LogP contribution in [-0.4, -0.2) is 25.2 Å². The van der Waals surface area contributed by atoms with Gasteiger partial charge in [0.25, 0.3) is 0 Å². The van der Waals surface area contributed by atoms with Gasteiger partial charge in [-0.05, 0) is 37.2 Å². The quantitative estimate of drug-likeness (QED) is 0.832. The van der Waals surface area contributed by atoms with Crippen LogP contribution in [0.15, 0.2) is 30.3 Å². The molecule has 24 heavy (non-hydrogen) atoms. The summed E-state index contributed by atoms with van der Waals surface area (Å²) in [6.07, 6.45) is 3.09. The molecular formula is C19H27NO4. The van der Waals surface area contributed by atoms with E-state index in [1.807, 2.05) is 37.3 Å². The summed E-state index contributed by atoms with van der Waals surface area (Å²) in [4.78, 5) is 24.4. The predicted octanol–water partition coefficient (Wildman–Crippen LogP) is 3.84. The van der Waals surface area contributed by atoms with Gasteiger partial charge in [0.05, 0.1) is 7.11 Å². The largest absolute Gasteiger partial charge is 0.456 e. The Hall–Kier alpha value is -2.04. The monoisotopic (exact) mass is 333 g/mol. The first-order valence-electron chi connectivity index (χ1n) is 8.61. The zero-order valence-electron chi connectivity index (χ0n) is 14.7. The molecule has 0 radical (unpaired) electrons. The molecule has 1 amide bonds. The molecule has 4 atom stereocenters. The van der Waals surface area contributed by atoms with Crippen molar-refractivity contribution in [2.75, 3.05) is 7.11 Å². The molecule has 0 aliphatic heterocycles. The zero-order valence-corrected chi connectivity index (χ0v) is 14.7. The van der Waals surface area contributed by atoms with Crippen LogP contribution in [0.25, 0.3) is 0 Å². The van der Waals surface area contributed by atoms with Gasteiger partial charge in [-0.25, -0.2) is 9.59 Å². The van der Waals surface area contributed by atoms with Crippen LogP contribution < -0.4 is 5.32 Å². The van der Waals surface area contributed by atoms with E-state index < -0.39 is 18.1 Å². The van der Waals surface area contributed by atoms with Gasteiger partial charge in [0.15, 0.2) is 0 Å². The topological polar surface area (TPSA) is 64.6 Å². The predicted molar refractivity (Wildman–Crippen MR) is 91.4 cm³/mol. The summed E-state index contributed by atoms with van der Waals surface area (Å²) in [5.74, 6) is 0.240. The highest BCUT2D eigenvalue weighted by atomic mass is 16.6. The van der Waals surface area contributed by atoms with Crippen LogP contribution in [-0.2, 0) is 14.3 Å². The molecule has 1 unspecified atom stereocenters. The number of carbonyl (C=O) groups excluding carboxylic acids is 2. The summed E-state index contributed by atoms with van der Waals surface area (Å²) in [7, 11) is 1.30. The molecule has 5 heteroatoms. The molecule has 1 saturated carbocycles.